The molecule has 2 aromatic rings. The number of hydrogen-bond donors (Lipinski definition) is 1. The molecule has 22 heavy (non-hydrogen) atoms. The smallest absolute Gasteiger partial charge is 0.349 e. The van der Waals surface area contributed by atoms with Gasteiger partial charge in [-0.2, -0.15) is 13.2 Å². The lowest BCUT2D eigenvalue weighted by molar-refractivity contribution is -0.138. The zero-order valence-electron chi connectivity index (χ0n) is 11.6. The minimum absolute atomic E-state index is 0.119. The zero-order chi connectivity index (χ0) is 16.3. The van der Waals surface area contributed by atoms with Gasteiger partial charge in [0, 0.05) is 15.9 Å². The summed E-state index contributed by atoms with van der Waals surface area (Å²) in [4.78, 5) is 12.5. The first-order valence-corrected chi connectivity index (χ1v) is 8.14. The number of carbonyl (C=O) groups is 1. The monoisotopic (exact) mass is 391 g/mol. The Morgan fingerprint density at radius 2 is 2.05 bits per heavy atom. The highest BCUT2D eigenvalue weighted by Gasteiger charge is 2.33. The highest BCUT2D eigenvalue weighted by atomic mass is 79.9. The summed E-state index contributed by atoms with van der Waals surface area (Å²) in [5.41, 5.74) is -0.481. The summed E-state index contributed by atoms with van der Waals surface area (Å²) < 4.78 is 39.6. The Morgan fingerprint density at radius 3 is 2.64 bits per heavy atom. The van der Waals surface area contributed by atoms with E-state index in [0.29, 0.717) is 4.88 Å². The first kappa shape index (κ1) is 17.0. The van der Waals surface area contributed by atoms with Gasteiger partial charge in [0.2, 0.25) is 0 Å². The zero-order valence-corrected chi connectivity index (χ0v) is 14.0. The van der Waals surface area contributed by atoms with Crippen LogP contribution in [0, 0.1) is 0 Å². The number of thiophene rings is 1. The van der Waals surface area contributed by atoms with Crippen molar-refractivity contribution < 1.29 is 18.0 Å². The Labute approximate surface area is 138 Å². The van der Waals surface area contributed by atoms with Crippen LogP contribution in [0.4, 0.5) is 13.2 Å². The van der Waals surface area contributed by atoms with E-state index in [-0.39, 0.29) is 17.9 Å². The second kappa shape index (κ2) is 6.83. The fraction of sp³-hybridized carbons (Fsp3) is 0.267. The van der Waals surface area contributed by atoms with Crippen LogP contribution in [-0.4, -0.2) is 11.9 Å². The molecule has 0 fully saturated rings. The predicted molar refractivity (Wildman–Crippen MR) is 84.1 cm³/mol. The van der Waals surface area contributed by atoms with Crippen molar-refractivity contribution in [3.05, 3.63) is 56.2 Å². The van der Waals surface area contributed by atoms with Crippen LogP contribution < -0.4 is 5.32 Å². The fourth-order valence-corrected chi connectivity index (χ4v) is 3.41. The van der Waals surface area contributed by atoms with Crippen LogP contribution in [0.15, 0.2) is 40.2 Å². The SMILES string of the molecule is C[C@H](Cc1ccccc1C(F)(F)F)NC(=O)c1cc(Br)cs1. The van der Waals surface area contributed by atoms with Crippen molar-refractivity contribution in [1.82, 2.24) is 5.32 Å². The molecule has 118 valence electrons. The number of benzene rings is 1. The molecule has 0 radical (unpaired) electrons. The molecule has 0 aliphatic rings. The second-order valence-corrected chi connectivity index (χ2v) is 6.69. The molecule has 2 rings (SSSR count). The molecule has 1 heterocycles. The topological polar surface area (TPSA) is 29.1 Å². The maximum Gasteiger partial charge on any atom is 0.416 e. The van der Waals surface area contributed by atoms with Crippen molar-refractivity contribution in [2.75, 3.05) is 0 Å². The Morgan fingerprint density at radius 1 is 1.36 bits per heavy atom. The molecular formula is C15H13BrF3NOS. The molecule has 0 bridgehead atoms. The highest BCUT2D eigenvalue weighted by molar-refractivity contribution is 9.10. The second-order valence-electron chi connectivity index (χ2n) is 4.86. The minimum Gasteiger partial charge on any atom is -0.349 e. The van der Waals surface area contributed by atoms with Crippen molar-refractivity contribution in [3.8, 4) is 0 Å². The summed E-state index contributed by atoms with van der Waals surface area (Å²) in [6, 6.07) is 6.69. The van der Waals surface area contributed by atoms with E-state index in [4.69, 9.17) is 0 Å². The molecule has 1 aromatic heterocycles. The number of alkyl halides is 3. The number of hydrogen-bond acceptors (Lipinski definition) is 2. The van der Waals surface area contributed by atoms with E-state index in [1.54, 1.807) is 24.4 Å². The quantitative estimate of drug-likeness (QED) is 0.789. The number of halogens is 4. The largest absolute Gasteiger partial charge is 0.416 e. The minimum atomic E-state index is -4.39. The third-order valence-corrected chi connectivity index (χ3v) is 4.71. The molecule has 0 saturated heterocycles. The first-order chi connectivity index (χ1) is 10.3. The standard InChI is InChI=1S/C15H13BrF3NOS/c1-9(20-14(21)13-7-11(16)8-22-13)6-10-4-2-3-5-12(10)15(17,18)19/h2-5,7-9H,6H2,1H3,(H,20,21)/t9-/m1/s1. The molecule has 1 N–H and O–H groups in total. The molecule has 0 unspecified atom stereocenters. The molecule has 1 atom stereocenters. The van der Waals surface area contributed by atoms with Gasteiger partial charge in [0.25, 0.3) is 5.91 Å². The number of amides is 1. The van der Waals surface area contributed by atoms with Crippen molar-refractivity contribution in [1.29, 1.82) is 0 Å². The molecule has 0 aliphatic heterocycles. The third-order valence-electron chi connectivity index (χ3n) is 3.02. The number of rotatable bonds is 4. The van der Waals surface area contributed by atoms with Crippen molar-refractivity contribution in [2.45, 2.75) is 25.6 Å². The maximum atomic E-state index is 12.9. The van der Waals surface area contributed by atoms with Crippen LogP contribution in [-0.2, 0) is 12.6 Å². The van der Waals surface area contributed by atoms with Gasteiger partial charge in [-0.3, -0.25) is 4.79 Å². The van der Waals surface area contributed by atoms with Gasteiger partial charge in [-0.25, -0.2) is 0 Å². The lowest BCUT2D eigenvalue weighted by Crippen LogP contribution is -2.34. The van der Waals surface area contributed by atoms with Crippen LogP contribution in [0.2, 0.25) is 0 Å². The molecule has 1 amide bonds. The van der Waals surface area contributed by atoms with Gasteiger partial charge in [0.1, 0.15) is 0 Å². The van der Waals surface area contributed by atoms with Crippen LogP contribution in [0.3, 0.4) is 0 Å². The van der Waals surface area contributed by atoms with Crippen LogP contribution in [0.25, 0.3) is 0 Å². The van der Waals surface area contributed by atoms with Gasteiger partial charge in [0.05, 0.1) is 10.4 Å². The third kappa shape index (κ3) is 4.33. The fourth-order valence-electron chi connectivity index (χ4n) is 2.08. The summed E-state index contributed by atoms with van der Waals surface area (Å²) in [5.74, 6) is -0.285. The normalized spacial score (nSPS) is 13.0. The summed E-state index contributed by atoms with van der Waals surface area (Å²) in [6.07, 6.45) is -4.27. The van der Waals surface area contributed by atoms with E-state index < -0.39 is 17.8 Å². The van der Waals surface area contributed by atoms with Crippen LogP contribution >= 0.6 is 27.3 Å². The number of nitrogens with one attached hydrogen (secondary N) is 1. The summed E-state index contributed by atoms with van der Waals surface area (Å²) in [5, 5.41) is 4.50. The van der Waals surface area contributed by atoms with Crippen molar-refractivity contribution in [2.24, 2.45) is 0 Å². The van der Waals surface area contributed by atoms with E-state index in [9.17, 15) is 18.0 Å². The summed E-state index contributed by atoms with van der Waals surface area (Å²) >= 11 is 4.53. The molecule has 7 heteroatoms. The summed E-state index contributed by atoms with van der Waals surface area (Å²) in [6.45, 7) is 1.69. The lowest BCUT2D eigenvalue weighted by atomic mass is 10.0. The lowest BCUT2D eigenvalue weighted by Gasteiger charge is -2.17. The molecule has 1 aromatic carbocycles. The Hall–Kier alpha value is -1.34. The van der Waals surface area contributed by atoms with Gasteiger partial charge in [-0.05, 0) is 47.0 Å². The van der Waals surface area contributed by atoms with E-state index in [1.807, 2.05) is 0 Å². The molecule has 2 nitrogen and oxygen atoms in total. The Kier molecular flexibility index (Phi) is 5.28. The van der Waals surface area contributed by atoms with Gasteiger partial charge < -0.3 is 5.32 Å². The van der Waals surface area contributed by atoms with E-state index in [2.05, 4.69) is 21.2 Å². The van der Waals surface area contributed by atoms with Gasteiger partial charge in [0.15, 0.2) is 0 Å². The van der Waals surface area contributed by atoms with Crippen molar-refractivity contribution >= 4 is 33.2 Å². The van der Waals surface area contributed by atoms with Crippen molar-refractivity contribution in [3.63, 3.8) is 0 Å². The Bertz CT molecular complexity index is 669. The van der Waals surface area contributed by atoms with E-state index in [0.717, 1.165) is 10.5 Å². The summed E-state index contributed by atoms with van der Waals surface area (Å²) in [7, 11) is 0. The highest BCUT2D eigenvalue weighted by Crippen LogP contribution is 2.32. The van der Waals surface area contributed by atoms with Gasteiger partial charge in [-0.1, -0.05) is 18.2 Å². The van der Waals surface area contributed by atoms with E-state index in [1.165, 1.54) is 23.5 Å². The molecule has 0 spiro atoms. The average Bonchev–Trinajstić information content (AvgIpc) is 2.84. The van der Waals surface area contributed by atoms with Gasteiger partial charge >= 0.3 is 6.18 Å². The predicted octanol–water partition coefficient (Wildman–Crippen LogP) is 4.89. The van der Waals surface area contributed by atoms with Crippen LogP contribution in [0.5, 0.6) is 0 Å². The van der Waals surface area contributed by atoms with Gasteiger partial charge in [-0.15, -0.1) is 11.3 Å². The average molecular weight is 392 g/mol. The Balaban J connectivity index is 2.07. The molecular weight excluding hydrogens is 379 g/mol. The number of carbonyl (C=O) groups excluding carboxylic acids is 1. The maximum absolute atomic E-state index is 12.9. The van der Waals surface area contributed by atoms with E-state index >= 15 is 0 Å². The van der Waals surface area contributed by atoms with Crippen LogP contribution in [0.1, 0.15) is 27.7 Å². The first-order valence-electron chi connectivity index (χ1n) is 6.47. The molecule has 0 saturated carbocycles. The molecule has 0 aliphatic carbocycles.